The molecule has 0 bridgehead atoms. The van der Waals surface area contributed by atoms with E-state index in [4.69, 9.17) is 9.27 Å². The maximum Gasteiger partial charge on any atom is 1.00 e. The van der Waals surface area contributed by atoms with Crippen molar-refractivity contribution in [2.24, 2.45) is 0 Å². The molecule has 0 spiro atoms. The van der Waals surface area contributed by atoms with E-state index in [2.05, 4.69) is 0 Å². The largest absolute Gasteiger partial charge is 1.00 e. The van der Waals surface area contributed by atoms with Gasteiger partial charge in [-0.2, -0.15) is 5.97 Å². The monoisotopic (exact) mass is 82.0 g/mol. The van der Waals surface area contributed by atoms with Crippen molar-refractivity contribution in [2.45, 2.75) is 0 Å². The average molecular weight is 82.0 g/mol. The summed E-state index contributed by atoms with van der Waals surface area (Å²) in [6.45, 7) is 0. The maximum absolute atomic E-state index is 7.62. The molecule has 0 aromatic carbocycles. The van der Waals surface area contributed by atoms with Gasteiger partial charge < -0.3 is 0 Å². The molecule has 0 aliphatic heterocycles. The fraction of sp³-hybridized carbons (Fsp3) is 0. The van der Waals surface area contributed by atoms with E-state index in [9.17, 15) is 0 Å². The zero-order chi connectivity index (χ0) is 5.21. The quantitative estimate of drug-likeness (QED) is 0.272. The second kappa shape index (κ2) is 8.89. The van der Waals surface area contributed by atoms with Gasteiger partial charge in [-0.3, -0.25) is 5.26 Å². The Labute approximate surface area is 73.3 Å². The van der Waals surface area contributed by atoms with Gasteiger partial charge in [0, 0.05) is 0 Å². The fourth-order valence-electron chi connectivity index (χ4n) is 0. The van der Waals surface area contributed by atoms with Crippen molar-refractivity contribution in [3.05, 3.63) is 0 Å². The van der Waals surface area contributed by atoms with Crippen molar-refractivity contribution < 1.29 is 51.4 Å². The third-order valence-corrected chi connectivity index (χ3v) is 0. The molecule has 0 radical (unpaired) electrons. The van der Waals surface area contributed by atoms with Crippen molar-refractivity contribution in [3.8, 4) is 5.97 Å². The molecule has 1 nitrogen and oxygen atoms in total. The Hall–Kier alpha value is 1.19. The van der Waals surface area contributed by atoms with E-state index in [1.165, 1.54) is 5.97 Å². The third-order valence-electron chi connectivity index (χ3n) is 0. The molecule has 0 aromatic rings. The van der Waals surface area contributed by atoms with E-state index >= 15 is 0 Å². The molecule has 0 heterocycles. The molecular formula is CH3BKN. The first-order chi connectivity index (χ1) is 2.56. The van der Waals surface area contributed by atoms with E-state index in [-0.39, 0.29) is 51.4 Å². The van der Waals surface area contributed by atoms with Crippen LogP contribution in [0.1, 0.15) is 0 Å². The van der Waals surface area contributed by atoms with Gasteiger partial charge in [-0.1, -0.05) is 0 Å². The third kappa shape index (κ3) is 10.8. The summed E-state index contributed by atoms with van der Waals surface area (Å²) >= 11 is 0. The standard InChI is InChI=1S/CH3BN.K/c2-1-3;/h2H3;/q-1;+1/i2D3;. The molecule has 0 atom stereocenters. The van der Waals surface area contributed by atoms with Gasteiger partial charge >= 0.3 is 51.4 Å². The first-order valence-corrected chi connectivity index (χ1v) is 0.512. The second-order valence-electron chi connectivity index (χ2n) is 0.129. The summed E-state index contributed by atoms with van der Waals surface area (Å²) in [5.74, 6) is 1.17. The molecule has 0 rings (SSSR count). The number of hydrogen-bond acceptors (Lipinski definition) is 1. The molecule has 0 N–H and O–H groups in total. The van der Waals surface area contributed by atoms with Crippen LogP contribution in [0.5, 0.6) is 0 Å². The molecule has 0 aromatic heterocycles. The van der Waals surface area contributed by atoms with Gasteiger partial charge in [-0.25, -0.2) is 4.01 Å². The van der Waals surface area contributed by atoms with Gasteiger partial charge in [0.2, 0.25) is 0 Å². The Morgan fingerprint density at radius 2 is 2.50 bits per heavy atom. The summed E-state index contributed by atoms with van der Waals surface area (Å²) in [6, 6.07) is 0. The molecule has 0 unspecified atom stereocenters. The van der Waals surface area contributed by atoms with Gasteiger partial charge in [0.05, 0.1) is 7.74 Å². The predicted molar refractivity (Wildman–Crippen MR) is 15.6 cm³/mol. The first-order valence-electron chi connectivity index (χ1n) is 2.24. The summed E-state index contributed by atoms with van der Waals surface area (Å²) in [5.41, 5.74) is 0. The van der Waals surface area contributed by atoms with Crippen LogP contribution in [0.15, 0.2) is 0 Å². The van der Waals surface area contributed by atoms with Crippen LogP contribution in [0.2, 0.25) is 0 Å². The zero-order valence-electron chi connectivity index (χ0n) is 5.52. The molecule has 0 fully saturated rings. The zero-order valence-corrected chi connectivity index (χ0v) is 5.65. The minimum atomic E-state index is -2.93. The average Bonchev–Trinajstić information content (AvgIpc) is 1.35. The number of rotatable bonds is 0. The summed E-state index contributed by atoms with van der Waals surface area (Å²) in [4.78, 5) is 0. The maximum atomic E-state index is 7.62. The molecule has 0 aliphatic carbocycles. The summed E-state index contributed by atoms with van der Waals surface area (Å²) in [6.07, 6.45) is 0. The predicted octanol–water partition coefficient (Wildman–Crippen LogP) is -4.16. The molecule has 16 valence electrons. The van der Waals surface area contributed by atoms with Gasteiger partial charge in [0.15, 0.2) is 0 Å². The first kappa shape index (κ1) is 2.38. The van der Waals surface area contributed by atoms with Crippen LogP contribution in [0.4, 0.5) is 0 Å². The summed E-state index contributed by atoms with van der Waals surface area (Å²) < 4.78 is 18.6. The van der Waals surface area contributed by atoms with Gasteiger partial charge in [-0.15, -0.1) is 0 Å². The Kier molecular flexibility index (Phi) is 5.29. The van der Waals surface area contributed by atoms with Crippen LogP contribution in [0.3, 0.4) is 0 Å². The second-order valence-corrected chi connectivity index (χ2v) is 0.129. The van der Waals surface area contributed by atoms with Gasteiger partial charge in [-0.05, 0) is 0 Å². The number of nitriles is 1. The Balaban J connectivity index is 0. The SMILES string of the molecule is [2H][B-]([2H])([2H])C#N.[K+]. The van der Waals surface area contributed by atoms with Gasteiger partial charge in [0.25, 0.3) is 0 Å². The Bertz CT molecular complexity index is 81.9. The van der Waals surface area contributed by atoms with Crippen LogP contribution in [0.25, 0.3) is 0 Å². The molecule has 0 aliphatic rings. The molecule has 4 heavy (non-hydrogen) atoms. The van der Waals surface area contributed by atoms with Crippen LogP contribution in [-0.2, 0) is 0 Å². The minimum Gasteiger partial charge on any atom is -0.251 e. The Morgan fingerprint density at radius 3 is 2.50 bits per heavy atom. The van der Waals surface area contributed by atoms with Crippen LogP contribution < -0.4 is 51.4 Å². The molecule has 3 heteroatoms. The van der Waals surface area contributed by atoms with E-state index < -0.39 is 7.74 Å². The van der Waals surface area contributed by atoms with Crippen LogP contribution >= 0.6 is 0 Å². The number of nitrogens with zero attached hydrogens (tertiary/aromatic N) is 1. The van der Waals surface area contributed by atoms with E-state index in [1.807, 2.05) is 0 Å². The fourth-order valence-corrected chi connectivity index (χ4v) is 0. The van der Waals surface area contributed by atoms with E-state index in [0.717, 1.165) is 0 Å². The van der Waals surface area contributed by atoms with Gasteiger partial charge in [0.1, 0.15) is 0 Å². The van der Waals surface area contributed by atoms with Crippen molar-refractivity contribution in [2.75, 3.05) is 0 Å². The molecule has 0 amide bonds. The Morgan fingerprint density at radius 1 is 2.25 bits per heavy atom. The summed E-state index contributed by atoms with van der Waals surface area (Å²) in [5, 5.41) is 7.62. The topological polar surface area (TPSA) is 23.8 Å². The van der Waals surface area contributed by atoms with E-state index in [0.29, 0.717) is 0 Å². The number of hydrogen-bond donors (Lipinski definition) is 0. The van der Waals surface area contributed by atoms with Crippen LogP contribution in [-0.4, -0.2) is 11.7 Å². The van der Waals surface area contributed by atoms with Crippen molar-refractivity contribution in [1.29, 1.82) is 9.27 Å². The normalized spacial score (nSPS) is 16.2. The van der Waals surface area contributed by atoms with Crippen molar-refractivity contribution >= 4 is 7.74 Å². The molecular weight excluding hydrogens is 75.9 g/mol. The smallest absolute Gasteiger partial charge is 0.251 e. The van der Waals surface area contributed by atoms with Crippen molar-refractivity contribution in [1.82, 2.24) is 0 Å². The van der Waals surface area contributed by atoms with E-state index in [1.54, 1.807) is 0 Å². The minimum absolute atomic E-state index is 0. The molecule has 0 saturated carbocycles. The van der Waals surface area contributed by atoms with Crippen LogP contribution in [0, 0.1) is 11.2 Å². The van der Waals surface area contributed by atoms with Crippen molar-refractivity contribution in [3.63, 3.8) is 0 Å². The molecule has 0 saturated heterocycles. The summed E-state index contributed by atoms with van der Waals surface area (Å²) in [7, 11) is -2.93.